The predicted molar refractivity (Wildman–Crippen MR) is 52.9 cm³/mol. The first-order chi connectivity index (χ1) is 6.83. The number of nitrogens with one attached hydrogen (secondary N) is 1. The van der Waals surface area contributed by atoms with E-state index in [9.17, 15) is 9.90 Å². The summed E-state index contributed by atoms with van der Waals surface area (Å²) >= 11 is 0. The van der Waals surface area contributed by atoms with Crippen molar-refractivity contribution in [2.45, 2.75) is 31.7 Å². The number of aliphatic hydroxyl groups is 1. The summed E-state index contributed by atoms with van der Waals surface area (Å²) in [5.41, 5.74) is 0. The lowest BCUT2D eigenvalue weighted by molar-refractivity contribution is 0.116. The van der Waals surface area contributed by atoms with Crippen LogP contribution >= 0.6 is 0 Å². The van der Waals surface area contributed by atoms with Crippen LogP contribution in [0.5, 0.6) is 0 Å². The number of aliphatic hydroxyl groups excluding tert-OH is 1. The zero-order valence-electron chi connectivity index (χ0n) is 8.41. The van der Waals surface area contributed by atoms with Crippen LogP contribution in [0.2, 0.25) is 0 Å². The highest BCUT2D eigenvalue weighted by Crippen LogP contribution is 2.30. The molecule has 1 unspecified atom stereocenters. The average molecular weight is 198 g/mol. The van der Waals surface area contributed by atoms with Gasteiger partial charge >= 0.3 is 6.03 Å². The first-order valence-electron chi connectivity index (χ1n) is 5.48. The Bertz CT molecular complexity index is 214. The molecule has 1 aliphatic carbocycles. The molecule has 1 aliphatic heterocycles. The first kappa shape index (κ1) is 9.77. The van der Waals surface area contributed by atoms with E-state index in [1.165, 1.54) is 12.8 Å². The quantitative estimate of drug-likeness (QED) is 0.696. The predicted octanol–water partition coefficient (Wildman–Crippen LogP) is 0.563. The molecule has 1 heterocycles. The molecule has 1 saturated heterocycles. The Morgan fingerprint density at radius 1 is 1.50 bits per heavy atom. The fourth-order valence-corrected chi connectivity index (χ4v) is 2.65. The Kier molecular flexibility index (Phi) is 2.91. The molecule has 4 nitrogen and oxygen atoms in total. The van der Waals surface area contributed by atoms with E-state index in [4.69, 9.17) is 0 Å². The Morgan fingerprint density at radius 3 is 2.71 bits per heavy atom. The van der Waals surface area contributed by atoms with Gasteiger partial charge in [0.2, 0.25) is 0 Å². The number of hydrogen-bond acceptors (Lipinski definition) is 2. The van der Waals surface area contributed by atoms with E-state index in [0.29, 0.717) is 5.92 Å². The van der Waals surface area contributed by atoms with Crippen LogP contribution in [-0.4, -0.2) is 41.8 Å². The molecule has 1 saturated carbocycles. The van der Waals surface area contributed by atoms with Crippen molar-refractivity contribution >= 4 is 6.03 Å². The molecule has 0 aromatic carbocycles. The van der Waals surface area contributed by atoms with Crippen molar-refractivity contribution in [1.82, 2.24) is 10.2 Å². The van der Waals surface area contributed by atoms with Crippen LogP contribution in [0.25, 0.3) is 0 Å². The van der Waals surface area contributed by atoms with E-state index in [-0.39, 0.29) is 18.7 Å². The van der Waals surface area contributed by atoms with Gasteiger partial charge in [-0.05, 0) is 18.8 Å². The molecule has 2 amide bonds. The van der Waals surface area contributed by atoms with Crippen LogP contribution in [0.3, 0.4) is 0 Å². The Morgan fingerprint density at radius 2 is 2.21 bits per heavy atom. The lowest BCUT2D eigenvalue weighted by atomic mass is 9.97. The highest BCUT2D eigenvalue weighted by molar-refractivity contribution is 5.76. The van der Waals surface area contributed by atoms with Crippen molar-refractivity contribution < 1.29 is 9.90 Å². The van der Waals surface area contributed by atoms with Crippen LogP contribution in [-0.2, 0) is 0 Å². The van der Waals surface area contributed by atoms with Crippen molar-refractivity contribution in [3.8, 4) is 0 Å². The molecule has 2 N–H and O–H groups in total. The molecule has 2 rings (SSSR count). The first-order valence-corrected chi connectivity index (χ1v) is 5.48. The maximum Gasteiger partial charge on any atom is 0.317 e. The van der Waals surface area contributed by atoms with Crippen molar-refractivity contribution in [3.05, 3.63) is 0 Å². The third-order valence-corrected chi connectivity index (χ3v) is 3.42. The summed E-state index contributed by atoms with van der Waals surface area (Å²) in [5, 5.41) is 12.1. The minimum Gasteiger partial charge on any atom is -0.394 e. The average Bonchev–Trinajstić information content (AvgIpc) is 2.80. The molecular formula is C10H18N2O2. The lowest BCUT2D eigenvalue weighted by Crippen LogP contribution is -2.44. The summed E-state index contributed by atoms with van der Waals surface area (Å²) in [6, 6.07) is 0.0518. The third-order valence-electron chi connectivity index (χ3n) is 3.42. The van der Waals surface area contributed by atoms with Crippen molar-refractivity contribution in [2.75, 3.05) is 19.7 Å². The standard InChI is InChI=1S/C10H18N2O2/c13-7-9(8-3-1-2-4-8)12-6-5-11-10(12)14/h8-9,13H,1-7H2,(H,11,14). The maximum absolute atomic E-state index is 11.4. The SMILES string of the molecule is O=C1NCCN1C(CO)C1CCCC1. The van der Waals surface area contributed by atoms with Gasteiger partial charge in [-0.1, -0.05) is 12.8 Å². The molecule has 14 heavy (non-hydrogen) atoms. The molecule has 0 aromatic heterocycles. The normalized spacial score (nSPS) is 25.5. The maximum atomic E-state index is 11.4. The monoisotopic (exact) mass is 198 g/mol. The smallest absolute Gasteiger partial charge is 0.317 e. The Hall–Kier alpha value is -0.770. The van der Waals surface area contributed by atoms with E-state index in [0.717, 1.165) is 25.9 Å². The van der Waals surface area contributed by atoms with Gasteiger partial charge in [0, 0.05) is 13.1 Å². The molecule has 0 radical (unpaired) electrons. The Balaban J connectivity index is 2.00. The number of urea groups is 1. The largest absolute Gasteiger partial charge is 0.394 e. The van der Waals surface area contributed by atoms with Crippen LogP contribution in [0.15, 0.2) is 0 Å². The number of carbonyl (C=O) groups excluding carboxylic acids is 1. The van der Waals surface area contributed by atoms with Gasteiger partial charge in [-0.3, -0.25) is 0 Å². The summed E-state index contributed by atoms with van der Waals surface area (Å²) in [7, 11) is 0. The van der Waals surface area contributed by atoms with Crippen molar-refractivity contribution in [1.29, 1.82) is 0 Å². The van der Waals surface area contributed by atoms with E-state index in [1.807, 2.05) is 0 Å². The zero-order valence-corrected chi connectivity index (χ0v) is 8.41. The topological polar surface area (TPSA) is 52.6 Å². The van der Waals surface area contributed by atoms with Gasteiger partial charge in [-0.2, -0.15) is 0 Å². The van der Waals surface area contributed by atoms with Crippen LogP contribution in [0.4, 0.5) is 4.79 Å². The van der Waals surface area contributed by atoms with E-state index in [2.05, 4.69) is 5.32 Å². The molecule has 80 valence electrons. The van der Waals surface area contributed by atoms with Crippen molar-refractivity contribution in [2.24, 2.45) is 5.92 Å². The number of rotatable bonds is 3. The van der Waals surface area contributed by atoms with Gasteiger partial charge in [0.1, 0.15) is 0 Å². The molecular weight excluding hydrogens is 180 g/mol. The molecule has 0 bridgehead atoms. The number of hydrogen-bond donors (Lipinski definition) is 2. The van der Waals surface area contributed by atoms with Gasteiger partial charge in [0.15, 0.2) is 0 Å². The summed E-state index contributed by atoms with van der Waals surface area (Å²) < 4.78 is 0. The molecule has 4 heteroatoms. The van der Waals surface area contributed by atoms with E-state index >= 15 is 0 Å². The summed E-state index contributed by atoms with van der Waals surface area (Å²) in [6.45, 7) is 1.58. The summed E-state index contributed by atoms with van der Waals surface area (Å²) in [5.74, 6) is 0.517. The molecule has 0 aromatic rings. The minimum absolute atomic E-state index is 0.00375. The summed E-state index contributed by atoms with van der Waals surface area (Å²) in [6.07, 6.45) is 4.82. The number of nitrogens with zero attached hydrogens (tertiary/aromatic N) is 1. The van der Waals surface area contributed by atoms with Gasteiger partial charge in [-0.15, -0.1) is 0 Å². The minimum atomic E-state index is -0.00375. The third kappa shape index (κ3) is 1.71. The van der Waals surface area contributed by atoms with Crippen LogP contribution in [0, 0.1) is 5.92 Å². The zero-order chi connectivity index (χ0) is 9.97. The second kappa shape index (κ2) is 4.17. The number of amides is 2. The van der Waals surface area contributed by atoms with Gasteiger partial charge < -0.3 is 15.3 Å². The fourth-order valence-electron chi connectivity index (χ4n) is 2.65. The van der Waals surface area contributed by atoms with E-state index < -0.39 is 0 Å². The highest BCUT2D eigenvalue weighted by atomic mass is 16.3. The number of carbonyl (C=O) groups is 1. The Labute approximate surface area is 84.3 Å². The van der Waals surface area contributed by atoms with Crippen molar-refractivity contribution in [3.63, 3.8) is 0 Å². The van der Waals surface area contributed by atoms with Gasteiger partial charge in [0.25, 0.3) is 0 Å². The van der Waals surface area contributed by atoms with Crippen LogP contribution < -0.4 is 5.32 Å². The highest BCUT2D eigenvalue weighted by Gasteiger charge is 2.34. The molecule has 2 fully saturated rings. The fraction of sp³-hybridized carbons (Fsp3) is 0.900. The summed E-state index contributed by atoms with van der Waals surface area (Å²) in [4.78, 5) is 13.2. The van der Waals surface area contributed by atoms with Gasteiger partial charge in [0.05, 0.1) is 12.6 Å². The van der Waals surface area contributed by atoms with E-state index in [1.54, 1.807) is 4.90 Å². The molecule has 0 spiro atoms. The molecule has 1 atom stereocenters. The van der Waals surface area contributed by atoms with Gasteiger partial charge in [-0.25, -0.2) is 4.79 Å². The molecule has 2 aliphatic rings. The second-order valence-corrected chi connectivity index (χ2v) is 4.22. The second-order valence-electron chi connectivity index (χ2n) is 4.22. The lowest BCUT2D eigenvalue weighted by Gasteiger charge is -2.29. The van der Waals surface area contributed by atoms with Crippen LogP contribution in [0.1, 0.15) is 25.7 Å².